The fraction of sp³-hybridized carbons (Fsp3) is 0.357. The lowest BCUT2D eigenvalue weighted by Crippen LogP contribution is -2.09. The molecule has 1 N–H and O–H groups in total. The van der Waals surface area contributed by atoms with Gasteiger partial charge in [0.2, 0.25) is 0 Å². The van der Waals surface area contributed by atoms with Crippen LogP contribution in [0.25, 0.3) is 0 Å². The largest absolute Gasteiger partial charge is 0.497 e. The van der Waals surface area contributed by atoms with Crippen molar-refractivity contribution in [2.75, 3.05) is 20.7 Å². The van der Waals surface area contributed by atoms with Crippen LogP contribution in [0.3, 0.4) is 0 Å². The number of ether oxygens (including phenoxy) is 1. The molecule has 1 aromatic heterocycles. The number of rotatable bonds is 6. The fourth-order valence-corrected chi connectivity index (χ4v) is 1.71. The Labute approximate surface area is 107 Å². The van der Waals surface area contributed by atoms with E-state index in [9.17, 15) is 0 Å². The molecule has 0 radical (unpaired) electrons. The number of methoxy groups -OCH3 is 1. The molecule has 0 unspecified atom stereocenters. The SMILES string of the molecule is CNCCc1cnc(Cc2ccc(OC)cc2)o1. The second-order valence-electron chi connectivity index (χ2n) is 4.10. The standard InChI is InChI=1S/C14H18N2O2/c1-15-8-7-13-10-16-14(18-13)9-11-3-5-12(17-2)6-4-11/h3-6,10,15H,7-9H2,1-2H3. The highest BCUT2D eigenvalue weighted by Gasteiger charge is 2.05. The van der Waals surface area contributed by atoms with E-state index in [4.69, 9.17) is 9.15 Å². The Hall–Kier alpha value is -1.81. The van der Waals surface area contributed by atoms with Crippen LogP contribution in [0.4, 0.5) is 0 Å². The molecule has 2 rings (SSSR count). The van der Waals surface area contributed by atoms with Crippen LogP contribution < -0.4 is 10.1 Å². The number of nitrogens with one attached hydrogen (secondary N) is 1. The number of hydrogen-bond acceptors (Lipinski definition) is 4. The monoisotopic (exact) mass is 246 g/mol. The summed E-state index contributed by atoms with van der Waals surface area (Å²) in [5.41, 5.74) is 1.16. The summed E-state index contributed by atoms with van der Waals surface area (Å²) in [5, 5.41) is 3.09. The number of aromatic nitrogens is 1. The van der Waals surface area contributed by atoms with Gasteiger partial charge in [-0.25, -0.2) is 4.98 Å². The molecule has 96 valence electrons. The minimum Gasteiger partial charge on any atom is -0.497 e. The Morgan fingerprint density at radius 2 is 2.06 bits per heavy atom. The molecule has 1 aromatic carbocycles. The van der Waals surface area contributed by atoms with Crippen LogP contribution in [0.5, 0.6) is 5.75 Å². The number of benzene rings is 1. The lowest BCUT2D eigenvalue weighted by Gasteiger charge is -2.01. The third-order valence-electron chi connectivity index (χ3n) is 2.74. The quantitative estimate of drug-likeness (QED) is 0.847. The first kappa shape index (κ1) is 12.6. The smallest absolute Gasteiger partial charge is 0.198 e. The summed E-state index contributed by atoms with van der Waals surface area (Å²) in [6.07, 6.45) is 3.38. The average molecular weight is 246 g/mol. The maximum atomic E-state index is 5.66. The second-order valence-corrected chi connectivity index (χ2v) is 4.10. The molecular weight excluding hydrogens is 228 g/mol. The fourth-order valence-electron chi connectivity index (χ4n) is 1.71. The Balaban J connectivity index is 1.97. The average Bonchev–Trinajstić information content (AvgIpc) is 2.85. The van der Waals surface area contributed by atoms with Crippen molar-refractivity contribution in [1.29, 1.82) is 0 Å². The first-order valence-electron chi connectivity index (χ1n) is 6.03. The molecular formula is C14H18N2O2. The number of hydrogen-bond donors (Lipinski definition) is 1. The summed E-state index contributed by atoms with van der Waals surface area (Å²) in [7, 11) is 3.59. The molecule has 0 spiro atoms. The van der Waals surface area contributed by atoms with E-state index in [-0.39, 0.29) is 0 Å². The van der Waals surface area contributed by atoms with E-state index in [1.165, 1.54) is 0 Å². The summed E-state index contributed by atoms with van der Waals surface area (Å²) in [6.45, 7) is 0.900. The Bertz CT molecular complexity index is 477. The van der Waals surface area contributed by atoms with Crippen LogP contribution in [0.1, 0.15) is 17.2 Å². The molecule has 0 atom stereocenters. The number of likely N-dealkylation sites (N-methyl/N-ethyl adjacent to an activating group) is 1. The molecule has 0 amide bonds. The molecule has 18 heavy (non-hydrogen) atoms. The van der Waals surface area contributed by atoms with Gasteiger partial charge in [0.1, 0.15) is 11.5 Å². The first-order chi connectivity index (χ1) is 8.81. The lowest BCUT2D eigenvalue weighted by molar-refractivity contribution is 0.414. The number of nitrogens with zero attached hydrogens (tertiary/aromatic N) is 1. The van der Waals surface area contributed by atoms with Crippen molar-refractivity contribution >= 4 is 0 Å². The molecule has 0 saturated heterocycles. The topological polar surface area (TPSA) is 47.3 Å². The molecule has 0 aliphatic carbocycles. The van der Waals surface area contributed by atoms with Crippen LogP contribution in [0.15, 0.2) is 34.9 Å². The maximum absolute atomic E-state index is 5.66. The molecule has 0 fully saturated rings. The van der Waals surface area contributed by atoms with Crippen LogP contribution in [-0.2, 0) is 12.8 Å². The van der Waals surface area contributed by atoms with E-state index in [1.807, 2.05) is 31.3 Å². The van der Waals surface area contributed by atoms with Crippen molar-refractivity contribution in [2.24, 2.45) is 0 Å². The van der Waals surface area contributed by atoms with Gasteiger partial charge in [-0.1, -0.05) is 12.1 Å². The predicted octanol–water partition coefficient (Wildman–Crippen LogP) is 2.04. The van der Waals surface area contributed by atoms with E-state index in [1.54, 1.807) is 13.3 Å². The molecule has 0 aliphatic rings. The second kappa shape index (κ2) is 6.21. The van der Waals surface area contributed by atoms with E-state index < -0.39 is 0 Å². The molecule has 0 saturated carbocycles. The van der Waals surface area contributed by atoms with Gasteiger partial charge in [-0.15, -0.1) is 0 Å². The van der Waals surface area contributed by atoms with Crippen LogP contribution in [0.2, 0.25) is 0 Å². The molecule has 4 heteroatoms. The van der Waals surface area contributed by atoms with Gasteiger partial charge in [0.05, 0.1) is 13.3 Å². The highest BCUT2D eigenvalue weighted by Crippen LogP contribution is 2.15. The zero-order chi connectivity index (χ0) is 12.8. The minimum absolute atomic E-state index is 0.712. The molecule has 4 nitrogen and oxygen atoms in total. The predicted molar refractivity (Wildman–Crippen MR) is 69.9 cm³/mol. The van der Waals surface area contributed by atoms with Crippen molar-refractivity contribution in [3.63, 3.8) is 0 Å². The normalized spacial score (nSPS) is 10.6. The summed E-state index contributed by atoms with van der Waals surface area (Å²) in [4.78, 5) is 4.28. The van der Waals surface area contributed by atoms with E-state index in [2.05, 4.69) is 10.3 Å². The Kier molecular flexibility index (Phi) is 4.36. The van der Waals surface area contributed by atoms with Crippen molar-refractivity contribution in [2.45, 2.75) is 12.8 Å². The zero-order valence-electron chi connectivity index (χ0n) is 10.8. The summed E-state index contributed by atoms with van der Waals surface area (Å²) in [5.74, 6) is 2.54. The van der Waals surface area contributed by atoms with Gasteiger partial charge in [-0.05, 0) is 24.7 Å². The molecule has 0 bridgehead atoms. The summed E-state index contributed by atoms with van der Waals surface area (Å²) < 4.78 is 10.8. The van der Waals surface area contributed by atoms with E-state index >= 15 is 0 Å². The highest BCUT2D eigenvalue weighted by molar-refractivity contribution is 5.28. The van der Waals surface area contributed by atoms with Gasteiger partial charge >= 0.3 is 0 Å². The minimum atomic E-state index is 0.712. The lowest BCUT2D eigenvalue weighted by atomic mass is 10.1. The maximum Gasteiger partial charge on any atom is 0.198 e. The van der Waals surface area contributed by atoms with Gasteiger partial charge in [-0.3, -0.25) is 0 Å². The first-order valence-corrected chi connectivity index (χ1v) is 6.03. The van der Waals surface area contributed by atoms with Gasteiger partial charge < -0.3 is 14.5 Å². The van der Waals surface area contributed by atoms with Crippen molar-refractivity contribution in [3.8, 4) is 5.75 Å². The van der Waals surface area contributed by atoms with Gasteiger partial charge in [0.25, 0.3) is 0 Å². The number of oxazole rings is 1. The molecule has 0 aliphatic heterocycles. The van der Waals surface area contributed by atoms with Crippen molar-refractivity contribution in [1.82, 2.24) is 10.3 Å². The van der Waals surface area contributed by atoms with Gasteiger partial charge in [-0.2, -0.15) is 0 Å². The van der Waals surface area contributed by atoms with E-state index in [0.29, 0.717) is 6.42 Å². The van der Waals surface area contributed by atoms with Crippen molar-refractivity contribution in [3.05, 3.63) is 47.7 Å². The third-order valence-corrected chi connectivity index (χ3v) is 2.74. The Morgan fingerprint density at radius 1 is 1.28 bits per heavy atom. The van der Waals surface area contributed by atoms with Gasteiger partial charge in [0.15, 0.2) is 5.89 Å². The summed E-state index contributed by atoms with van der Waals surface area (Å²) in [6, 6.07) is 7.94. The van der Waals surface area contributed by atoms with E-state index in [0.717, 1.165) is 35.9 Å². The Morgan fingerprint density at radius 3 is 2.72 bits per heavy atom. The molecule has 1 heterocycles. The zero-order valence-corrected chi connectivity index (χ0v) is 10.8. The van der Waals surface area contributed by atoms with Gasteiger partial charge in [0, 0.05) is 19.4 Å². The summed E-state index contributed by atoms with van der Waals surface area (Å²) >= 11 is 0. The molecule has 2 aromatic rings. The third kappa shape index (κ3) is 3.34. The van der Waals surface area contributed by atoms with Crippen molar-refractivity contribution < 1.29 is 9.15 Å². The van der Waals surface area contributed by atoms with Crippen LogP contribution in [0, 0.1) is 0 Å². The van der Waals surface area contributed by atoms with Crippen LogP contribution in [-0.4, -0.2) is 25.7 Å². The van der Waals surface area contributed by atoms with Crippen LogP contribution >= 0.6 is 0 Å². The highest BCUT2D eigenvalue weighted by atomic mass is 16.5.